The van der Waals surface area contributed by atoms with Gasteiger partial charge in [0, 0.05) is 25.8 Å². The summed E-state index contributed by atoms with van der Waals surface area (Å²) in [6.45, 7) is 8.33. The fourth-order valence-electron chi connectivity index (χ4n) is 5.47. The van der Waals surface area contributed by atoms with Crippen molar-refractivity contribution in [3.05, 3.63) is 121 Å². The van der Waals surface area contributed by atoms with Crippen LogP contribution in [0.3, 0.4) is 0 Å². The normalized spacial score (nSPS) is 20.5. The maximum absolute atomic E-state index is 15.0. The molecule has 2 aromatic rings. The minimum atomic E-state index is -5.04. The smallest absolute Gasteiger partial charge is 0.437 e. The Morgan fingerprint density at radius 2 is 1.71 bits per heavy atom. The van der Waals surface area contributed by atoms with E-state index in [1.54, 1.807) is 41.7 Å². The van der Waals surface area contributed by atoms with Crippen LogP contribution in [0.25, 0.3) is 12.2 Å². The molecule has 0 fully saturated rings. The molecule has 1 aliphatic carbocycles. The third kappa shape index (κ3) is 7.10. The monoisotopic (exact) mass is 641 g/mol. The lowest BCUT2D eigenvalue weighted by Gasteiger charge is -2.33. The van der Waals surface area contributed by atoms with Gasteiger partial charge < -0.3 is 4.74 Å². The summed E-state index contributed by atoms with van der Waals surface area (Å²) in [5.74, 6) is -0.687. The van der Waals surface area contributed by atoms with Crippen LogP contribution in [0.15, 0.2) is 111 Å². The molecule has 1 atom stereocenters. The van der Waals surface area contributed by atoms with Crippen LogP contribution >= 0.6 is 24.0 Å². The Labute approximate surface area is 271 Å². The fourth-order valence-corrected chi connectivity index (χ4v) is 6.93. The number of benzene rings is 1. The third-order valence-electron chi connectivity index (χ3n) is 7.22. The van der Waals surface area contributed by atoms with Crippen molar-refractivity contribution >= 4 is 36.1 Å². The zero-order valence-electron chi connectivity index (χ0n) is 25.2. The Morgan fingerprint density at radius 3 is 2.31 bits per heavy atom. The van der Waals surface area contributed by atoms with Crippen molar-refractivity contribution in [1.29, 1.82) is 15.8 Å². The third-order valence-corrected chi connectivity index (χ3v) is 8.79. The number of rotatable bonds is 6. The fraction of sp³-hybridized carbons (Fsp3) is 0.250. The summed E-state index contributed by atoms with van der Waals surface area (Å²) in [7, 11) is 0. The highest BCUT2D eigenvalue weighted by atomic mass is 32.1. The molecule has 1 unspecified atom stereocenters. The summed E-state index contributed by atoms with van der Waals surface area (Å²) in [5.41, 5.74) is -2.05. The molecule has 0 spiro atoms. The minimum Gasteiger partial charge on any atom is -0.465 e. The molecule has 0 saturated carbocycles. The van der Waals surface area contributed by atoms with Gasteiger partial charge in [-0.15, -0.1) is 24.0 Å². The van der Waals surface area contributed by atoms with E-state index in [9.17, 15) is 15.8 Å². The molecule has 45 heavy (non-hydrogen) atoms. The van der Waals surface area contributed by atoms with Gasteiger partial charge in [-0.3, -0.25) is 0 Å². The van der Waals surface area contributed by atoms with Gasteiger partial charge in [-0.1, -0.05) is 80.1 Å². The number of halogens is 3. The molecule has 9 heteroatoms. The molecule has 4 nitrogen and oxygen atoms in total. The average Bonchev–Trinajstić information content (AvgIpc) is 3.49. The molecule has 0 amide bonds. The highest BCUT2D eigenvalue weighted by Gasteiger charge is 2.65. The van der Waals surface area contributed by atoms with E-state index in [1.165, 1.54) is 42.0 Å². The van der Waals surface area contributed by atoms with Gasteiger partial charge in [0.25, 0.3) is 5.60 Å². The standard InChI is InChI=1S/C36H30F3N3OS2/c1-23(2)15-32-31(44)17-28(45-32)14-13-25-16-24(18-34(3,4)19-25)9-8-12-30-29(22-42)33(26(20-40)21-41)43-35(30,36(37,38)39)27-10-6-5-7-11-27/h5-17,44H,18-19H2,1-4H3/b12-8+,14-13+,24-9-. The number of ether oxygens (including phenoxy) is 1. The van der Waals surface area contributed by atoms with Gasteiger partial charge in [0.1, 0.15) is 23.8 Å². The van der Waals surface area contributed by atoms with Crippen LogP contribution in [0.4, 0.5) is 13.2 Å². The molecule has 2 heterocycles. The first kappa shape index (κ1) is 33.4. The molecule has 0 N–H and O–H groups in total. The molecule has 0 saturated heterocycles. The van der Waals surface area contributed by atoms with Crippen molar-refractivity contribution in [2.45, 2.75) is 57.2 Å². The number of allylic oxidation sites excluding steroid dienone is 9. The number of hydrogen-bond donors (Lipinski definition) is 1. The van der Waals surface area contributed by atoms with E-state index < -0.39 is 34.3 Å². The van der Waals surface area contributed by atoms with Gasteiger partial charge >= 0.3 is 6.18 Å². The van der Waals surface area contributed by atoms with Crippen LogP contribution in [0.5, 0.6) is 0 Å². The first-order valence-electron chi connectivity index (χ1n) is 14.0. The highest BCUT2D eigenvalue weighted by molar-refractivity contribution is 7.80. The van der Waals surface area contributed by atoms with E-state index in [-0.39, 0.29) is 11.0 Å². The van der Waals surface area contributed by atoms with Crippen LogP contribution in [0, 0.1) is 39.4 Å². The zero-order valence-corrected chi connectivity index (χ0v) is 26.9. The summed E-state index contributed by atoms with van der Waals surface area (Å²) in [4.78, 5) is 3.05. The lowest BCUT2D eigenvalue weighted by molar-refractivity contribution is -0.249. The largest absolute Gasteiger partial charge is 0.465 e. The Balaban J connectivity index is 1.79. The van der Waals surface area contributed by atoms with E-state index in [0.29, 0.717) is 6.42 Å². The molecule has 4 rings (SSSR count). The zero-order chi connectivity index (χ0) is 33.0. The van der Waals surface area contributed by atoms with Gasteiger partial charge in [0.05, 0.1) is 0 Å². The lowest BCUT2D eigenvalue weighted by Crippen LogP contribution is -2.43. The predicted molar refractivity (Wildman–Crippen MR) is 174 cm³/mol. The second kappa shape index (κ2) is 13.2. The van der Waals surface area contributed by atoms with Crippen LogP contribution in [-0.2, 0) is 10.3 Å². The summed E-state index contributed by atoms with van der Waals surface area (Å²) in [5, 5.41) is 28.9. The molecular weight excluding hydrogens is 612 g/mol. The topological polar surface area (TPSA) is 80.6 Å². The molecule has 1 aliphatic heterocycles. The van der Waals surface area contributed by atoms with Crippen molar-refractivity contribution in [3.8, 4) is 18.2 Å². The molecule has 0 radical (unpaired) electrons. The maximum Gasteiger partial charge on any atom is 0.437 e. The second-order valence-electron chi connectivity index (χ2n) is 11.8. The molecule has 2 aliphatic rings. The summed E-state index contributed by atoms with van der Waals surface area (Å²) in [6, 6.07) is 13.8. The SMILES string of the molecule is CC(C)=Cc1sc(/C=C/C2=CC(=C/C=C/C3=C(C#N)C(=C(C#N)C#N)OC3(c3ccccc3)C(F)(F)F)/CC(C)(C)C2)cc1S. The average molecular weight is 642 g/mol. The predicted octanol–water partition coefficient (Wildman–Crippen LogP) is 10.3. The van der Waals surface area contributed by atoms with Crippen LogP contribution in [0.2, 0.25) is 0 Å². The van der Waals surface area contributed by atoms with Crippen molar-refractivity contribution in [1.82, 2.24) is 0 Å². The van der Waals surface area contributed by atoms with Gasteiger partial charge in [-0.2, -0.15) is 29.0 Å². The van der Waals surface area contributed by atoms with Crippen molar-refractivity contribution in [3.63, 3.8) is 0 Å². The molecule has 228 valence electrons. The van der Waals surface area contributed by atoms with Crippen molar-refractivity contribution in [2.24, 2.45) is 5.41 Å². The second-order valence-corrected chi connectivity index (χ2v) is 13.4. The van der Waals surface area contributed by atoms with Gasteiger partial charge in [-0.25, -0.2) is 0 Å². The van der Waals surface area contributed by atoms with E-state index in [0.717, 1.165) is 32.2 Å². The Kier molecular flexibility index (Phi) is 9.83. The number of thiophene rings is 1. The van der Waals surface area contributed by atoms with Gasteiger partial charge in [0.15, 0.2) is 11.3 Å². The molecule has 1 aromatic heterocycles. The molecule has 0 bridgehead atoms. The summed E-state index contributed by atoms with van der Waals surface area (Å²) < 4.78 is 50.5. The highest BCUT2D eigenvalue weighted by Crippen LogP contribution is 2.55. The number of thiol groups is 1. The van der Waals surface area contributed by atoms with E-state index >= 15 is 13.2 Å². The quantitative estimate of drug-likeness (QED) is 0.251. The Hall–Kier alpha value is -4.49. The Bertz CT molecular complexity index is 1830. The summed E-state index contributed by atoms with van der Waals surface area (Å²) >= 11 is 6.23. The number of nitriles is 3. The number of nitrogens with zero attached hydrogens (tertiary/aromatic N) is 3. The van der Waals surface area contributed by atoms with Gasteiger partial charge in [-0.05, 0) is 61.5 Å². The molecular formula is C36H30F3N3OS2. The Morgan fingerprint density at radius 1 is 1.02 bits per heavy atom. The minimum absolute atomic E-state index is 0.108. The summed E-state index contributed by atoms with van der Waals surface area (Å²) in [6.07, 6.45) is 9.05. The maximum atomic E-state index is 15.0. The van der Waals surface area contributed by atoms with E-state index in [1.807, 2.05) is 32.1 Å². The van der Waals surface area contributed by atoms with Crippen LogP contribution in [-0.4, -0.2) is 6.18 Å². The van der Waals surface area contributed by atoms with E-state index in [4.69, 9.17) is 4.74 Å². The van der Waals surface area contributed by atoms with Crippen molar-refractivity contribution in [2.75, 3.05) is 0 Å². The first-order valence-corrected chi connectivity index (χ1v) is 15.3. The number of alkyl halides is 3. The van der Waals surface area contributed by atoms with Crippen LogP contribution in [0.1, 0.15) is 55.9 Å². The van der Waals surface area contributed by atoms with Gasteiger partial charge in [0.2, 0.25) is 0 Å². The molecule has 1 aromatic carbocycles. The lowest BCUT2D eigenvalue weighted by atomic mass is 9.75. The number of hydrogen-bond acceptors (Lipinski definition) is 6. The van der Waals surface area contributed by atoms with Crippen molar-refractivity contribution < 1.29 is 17.9 Å². The van der Waals surface area contributed by atoms with E-state index in [2.05, 4.69) is 38.6 Å². The first-order chi connectivity index (χ1) is 21.2. The van der Waals surface area contributed by atoms with Crippen LogP contribution < -0.4 is 0 Å².